The lowest BCUT2D eigenvalue weighted by atomic mass is 10.1. The minimum atomic E-state index is -0.177. The van der Waals surface area contributed by atoms with Gasteiger partial charge in [-0.1, -0.05) is 0 Å². The number of fused-ring (bicyclic) bond motifs is 1. The van der Waals surface area contributed by atoms with E-state index < -0.39 is 0 Å². The molecule has 0 unspecified atom stereocenters. The highest BCUT2D eigenvalue weighted by Gasteiger charge is 2.11. The summed E-state index contributed by atoms with van der Waals surface area (Å²) in [5, 5.41) is 11.9. The van der Waals surface area contributed by atoms with Gasteiger partial charge in [0.25, 0.3) is 5.91 Å². The Morgan fingerprint density at radius 1 is 1.61 bits per heavy atom. The summed E-state index contributed by atoms with van der Waals surface area (Å²) in [6.07, 6.45) is 0.532. The first-order valence-corrected chi connectivity index (χ1v) is 6.05. The van der Waals surface area contributed by atoms with E-state index in [1.807, 2.05) is 6.92 Å². The van der Waals surface area contributed by atoms with Gasteiger partial charge < -0.3 is 15.4 Å². The quantitative estimate of drug-likeness (QED) is 0.789. The maximum absolute atomic E-state index is 11.9. The molecule has 0 fully saturated rings. The van der Waals surface area contributed by atoms with E-state index in [4.69, 9.17) is 16.7 Å². The molecule has 6 heteroatoms. The van der Waals surface area contributed by atoms with E-state index in [1.165, 1.54) is 0 Å². The first-order chi connectivity index (χ1) is 8.60. The van der Waals surface area contributed by atoms with E-state index >= 15 is 0 Å². The molecule has 0 spiro atoms. The normalized spacial score (nSPS) is 12.6. The van der Waals surface area contributed by atoms with E-state index in [0.717, 1.165) is 11.0 Å². The molecule has 0 bridgehead atoms. The molecule has 18 heavy (non-hydrogen) atoms. The van der Waals surface area contributed by atoms with Crippen molar-refractivity contribution in [3.8, 4) is 0 Å². The molecule has 1 heterocycles. The van der Waals surface area contributed by atoms with Gasteiger partial charge in [0.2, 0.25) is 5.28 Å². The molecular weight excluding hydrogens is 254 g/mol. The highest BCUT2D eigenvalue weighted by Crippen LogP contribution is 2.16. The lowest BCUT2D eigenvalue weighted by molar-refractivity contribution is 0.0934. The van der Waals surface area contributed by atoms with Crippen LogP contribution < -0.4 is 5.32 Å². The average molecular weight is 268 g/mol. The number of halogens is 1. The molecule has 5 nitrogen and oxygen atoms in total. The Morgan fingerprint density at radius 3 is 3.11 bits per heavy atom. The van der Waals surface area contributed by atoms with Crippen LogP contribution in [0.25, 0.3) is 11.0 Å². The van der Waals surface area contributed by atoms with Crippen LogP contribution in [0.1, 0.15) is 23.7 Å². The molecule has 0 saturated heterocycles. The molecule has 2 aromatic rings. The Balaban J connectivity index is 2.17. The number of aliphatic hydroxyl groups excluding tert-OH is 1. The van der Waals surface area contributed by atoms with E-state index in [9.17, 15) is 4.79 Å². The van der Waals surface area contributed by atoms with Crippen LogP contribution in [0.15, 0.2) is 18.2 Å². The fraction of sp³-hybridized carbons (Fsp3) is 0.333. The Bertz CT molecular complexity index is 567. The molecule has 0 aliphatic rings. The number of nitrogens with one attached hydrogen (secondary N) is 2. The summed E-state index contributed by atoms with van der Waals surface area (Å²) >= 11 is 5.75. The van der Waals surface area contributed by atoms with Crippen molar-refractivity contribution in [3.05, 3.63) is 29.0 Å². The fourth-order valence-electron chi connectivity index (χ4n) is 1.69. The number of carbonyl (C=O) groups is 1. The Labute approximate surface area is 109 Å². The zero-order valence-corrected chi connectivity index (χ0v) is 10.7. The zero-order chi connectivity index (χ0) is 13.1. The van der Waals surface area contributed by atoms with Crippen LogP contribution in [0, 0.1) is 0 Å². The van der Waals surface area contributed by atoms with Gasteiger partial charge in [-0.15, -0.1) is 0 Å². The van der Waals surface area contributed by atoms with Crippen molar-refractivity contribution in [1.29, 1.82) is 0 Å². The summed E-state index contributed by atoms with van der Waals surface area (Å²) in [4.78, 5) is 18.8. The van der Waals surface area contributed by atoms with Gasteiger partial charge in [0.1, 0.15) is 0 Å². The molecule has 0 saturated carbocycles. The number of aliphatic hydroxyl groups is 1. The second-order valence-electron chi connectivity index (χ2n) is 4.15. The second kappa shape index (κ2) is 5.37. The minimum Gasteiger partial charge on any atom is -0.396 e. The molecular formula is C12H14ClN3O2. The van der Waals surface area contributed by atoms with Gasteiger partial charge in [-0.2, -0.15) is 0 Å². The van der Waals surface area contributed by atoms with Crippen LogP contribution in [0.2, 0.25) is 5.28 Å². The fourth-order valence-corrected chi connectivity index (χ4v) is 1.89. The van der Waals surface area contributed by atoms with Crippen molar-refractivity contribution in [2.24, 2.45) is 0 Å². The van der Waals surface area contributed by atoms with Crippen molar-refractivity contribution >= 4 is 28.5 Å². The third-order valence-corrected chi connectivity index (χ3v) is 2.83. The number of hydrogen-bond acceptors (Lipinski definition) is 3. The largest absolute Gasteiger partial charge is 0.396 e. The molecule has 0 aliphatic heterocycles. The van der Waals surface area contributed by atoms with Crippen LogP contribution in [-0.2, 0) is 0 Å². The van der Waals surface area contributed by atoms with Gasteiger partial charge in [-0.05, 0) is 43.1 Å². The van der Waals surface area contributed by atoms with E-state index in [2.05, 4.69) is 15.3 Å². The molecule has 1 aromatic heterocycles. The molecule has 0 aliphatic carbocycles. The van der Waals surface area contributed by atoms with Crippen molar-refractivity contribution in [1.82, 2.24) is 15.3 Å². The van der Waals surface area contributed by atoms with Gasteiger partial charge >= 0.3 is 0 Å². The summed E-state index contributed by atoms with van der Waals surface area (Å²) < 4.78 is 0. The molecule has 96 valence electrons. The first-order valence-electron chi connectivity index (χ1n) is 5.67. The van der Waals surface area contributed by atoms with Gasteiger partial charge in [0.05, 0.1) is 11.0 Å². The number of amides is 1. The van der Waals surface area contributed by atoms with Crippen LogP contribution in [-0.4, -0.2) is 33.6 Å². The number of rotatable bonds is 4. The first kappa shape index (κ1) is 12.9. The third-order valence-electron chi connectivity index (χ3n) is 2.65. The van der Waals surface area contributed by atoms with Gasteiger partial charge in [0.15, 0.2) is 0 Å². The second-order valence-corrected chi connectivity index (χ2v) is 4.50. The Morgan fingerprint density at radius 2 is 2.39 bits per heavy atom. The number of hydrogen-bond donors (Lipinski definition) is 3. The summed E-state index contributed by atoms with van der Waals surface area (Å²) in [7, 11) is 0. The number of nitrogens with zero attached hydrogens (tertiary/aromatic N) is 1. The van der Waals surface area contributed by atoms with Crippen molar-refractivity contribution in [2.45, 2.75) is 19.4 Å². The van der Waals surface area contributed by atoms with Gasteiger partial charge in [0, 0.05) is 18.2 Å². The molecule has 3 N–H and O–H groups in total. The van der Waals surface area contributed by atoms with Crippen molar-refractivity contribution in [3.63, 3.8) is 0 Å². The minimum absolute atomic E-state index is 0.0522. The third kappa shape index (κ3) is 2.80. The number of carbonyl (C=O) groups excluding carboxylic acids is 1. The lowest BCUT2D eigenvalue weighted by Gasteiger charge is -2.12. The number of imidazole rings is 1. The lowest BCUT2D eigenvalue weighted by Crippen LogP contribution is -2.33. The molecule has 1 amide bonds. The maximum atomic E-state index is 11.9. The number of H-pyrrole nitrogens is 1. The highest BCUT2D eigenvalue weighted by molar-refractivity contribution is 6.29. The highest BCUT2D eigenvalue weighted by atomic mass is 35.5. The number of benzene rings is 1. The standard InChI is InChI=1S/C12H14ClN3O2/c1-7(4-5-17)14-11(18)8-2-3-9-10(6-8)16-12(13)15-9/h2-3,6-7,17H,4-5H2,1H3,(H,14,18)(H,15,16)/t7-/m1/s1. The summed E-state index contributed by atoms with van der Waals surface area (Å²) in [5.41, 5.74) is 1.98. The molecule has 1 atom stereocenters. The van der Waals surface area contributed by atoms with Gasteiger partial charge in [-0.3, -0.25) is 4.79 Å². The topological polar surface area (TPSA) is 78.0 Å². The summed E-state index contributed by atoms with van der Waals surface area (Å²) in [5.74, 6) is -0.177. The number of aromatic nitrogens is 2. The van der Waals surface area contributed by atoms with Crippen LogP contribution in [0.5, 0.6) is 0 Å². The molecule has 1 aromatic carbocycles. The predicted octanol–water partition coefficient (Wildman–Crippen LogP) is 1.72. The maximum Gasteiger partial charge on any atom is 0.251 e. The van der Waals surface area contributed by atoms with E-state index in [1.54, 1.807) is 18.2 Å². The van der Waals surface area contributed by atoms with Crippen molar-refractivity contribution in [2.75, 3.05) is 6.61 Å². The summed E-state index contributed by atoms with van der Waals surface area (Å²) in [6.45, 7) is 1.90. The van der Waals surface area contributed by atoms with E-state index in [-0.39, 0.29) is 18.6 Å². The monoisotopic (exact) mass is 267 g/mol. The number of aromatic amines is 1. The Kier molecular flexibility index (Phi) is 3.84. The zero-order valence-electron chi connectivity index (χ0n) is 9.90. The van der Waals surface area contributed by atoms with Crippen LogP contribution >= 0.6 is 11.6 Å². The van der Waals surface area contributed by atoms with Gasteiger partial charge in [-0.25, -0.2) is 4.98 Å². The summed E-state index contributed by atoms with van der Waals surface area (Å²) in [6, 6.07) is 5.07. The predicted molar refractivity (Wildman–Crippen MR) is 69.7 cm³/mol. The van der Waals surface area contributed by atoms with Crippen LogP contribution in [0.3, 0.4) is 0 Å². The van der Waals surface area contributed by atoms with Crippen LogP contribution in [0.4, 0.5) is 0 Å². The smallest absolute Gasteiger partial charge is 0.251 e. The molecule has 2 rings (SSSR count). The Hall–Kier alpha value is -1.59. The SMILES string of the molecule is C[C@H](CCO)NC(=O)c1ccc2nc(Cl)[nH]c2c1. The average Bonchev–Trinajstić information content (AvgIpc) is 2.68. The molecule has 0 radical (unpaired) electrons. The van der Waals surface area contributed by atoms with E-state index in [0.29, 0.717) is 17.3 Å². The van der Waals surface area contributed by atoms with Crippen molar-refractivity contribution < 1.29 is 9.90 Å².